The molecule has 0 radical (unpaired) electrons. The van der Waals surface area contributed by atoms with E-state index in [4.69, 9.17) is 5.11 Å². The summed E-state index contributed by atoms with van der Waals surface area (Å²) in [6.45, 7) is 1.69. The molecule has 0 atom stereocenters. The molecular weight excluding hydrogens is 292 g/mol. The van der Waals surface area contributed by atoms with Crippen LogP contribution in [0.3, 0.4) is 0 Å². The molecule has 2 aromatic rings. The predicted molar refractivity (Wildman–Crippen MR) is 81.1 cm³/mol. The SMILES string of the molecule is O=C(c1cnc(-c2ccsc2)s1)N1CCC(CO)CC1. The number of thiophene rings is 1. The Hall–Kier alpha value is -1.24. The molecule has 1 saturated heterocycles. The number of hydrogen-bond acceptors (Lipinski definition) is 5. The molecule has 3 rings (SSSR count). The molecule has 1 fully saturated rings. The van der Waals surface area contributed by atoms with Gasteiger partial charge in [-0.05, 0) is 30.2 Å². The van der Waals surface area contributed by atoms with Crippen molar-refractivity contribution in [3.63, 3.8) is 0 Å². The van der Waals surface area contributed by atoms with Gasteiger partial charge in [0.1, 0.15) is 9.88 Å². The number of aliphatic hydroxyl groups is 1. The topological polar surface area (TPSA) is 53.4 Å². The molecule has 6 heteroatoms. The summed E-state index contributed by atoms with van der Waals surface area (Å²) in [4.78, 5) is 19.3. The second kappa shape index (κ2) is 6.03. The Labute approximate surface area is 125 Å². The number of aliphatic hydroxyl groups excluding tert-OH is 1. The van der Waals surface area contributed by atoms with Gasteiger partial charge in [0.2, 0.25) is 0 Å². The first-order chi connectivity index (χ1) is 9.78. The molecule has 1 aliphatic rings. The lowest BCUT2D eigenvalue weighted by molar-refractivity contribution is 0.0655. The average Bonchev–Trinajstić information content (AvgIpc) is 3.17. The van der Waals surface area contributed by atoms with E-state index in [1.165, 1.54) is 11.3 Å². The minimum absolute atomic E-state index is 0.0698. The highest BCUT2D eigenvalue weighted by Gasteiger charge is 2.24. The van der Waals surface area contributed by atoms with Crippen LogP contribution in [0.4, 0.5) is 0 Å². The number of thiazole rings is 1. The quantitative estimate of drug-likeness (QED) is 0.948. The van der Waals surface area contributed by atoms with Crippen molar-refractivity contribution in [2.24, 2.45) is 5.92 Å². The Morgan fingerprint density at radius 2 is 2.25 bits per heavy atom. The highest BCUT2D eigenvalue weighted by Crippen LogP contribution is 2.28. The number of nitrogens with zero attached hydrogens (tertiary/aromatic N) is 2. The van der Waals surface area contributed by atoms with E-state index in [-0.39, 0.29) is 12.5 Å². The molecule has 0 spiro atoms. The average molecular weight is 308 g/mol. The van der Waals surface area contributed by atoms with E-state index >= 15 is 0 Å². The van der Waals surface area contributed by atoms with Crippen LogP contribution in [0.1, 0.15) is 22.5 Å². The number of likely N-dealkylation sites (tertiary alicyclic amines) is 1. The Morgan fingerprint density at radius 1 is 1.45 bits per heavy atom. The molecule has 0 unspecified atom stereocenters. The van der Waals surface area contributed by atoms with Gasteiger partial charge in [-0.3, -0.25) is 4.79 Å². The van der Waals surface area contributed by atoms with Crippen LogP contribution in [0.25, 0.3) is 10.6 Å². The first-order valence-electron chi connectivity index (χ1n) is 6.66. The van der Waals surface area contributed by atoms with E-state index in [9.17, 15) is 4.79 Å². The monoisotopic (exact) mass is 308 g/mol. The lowest BCUT2D eigenvalue weighted by Crippen LogP contribution is -2.38. The van der Waals surface area contributed by atoms with Gasteiger partial charge in [-0.2, -0.15) is 11.3 Å². The number of piperidine rings is 1. The lowest BCUT2D eigenvalue weighted by atomic mass is 9.98. The lowest BCUT2D eigenvalue weighted by Gasteiger charge is -2.30. The number of aromatic nitrogens is 1. The van der Waals surface area contributed by atoms with Gasteiger partial charge in [0.15, 0.2) is 0 Å². The van der Waals surface area contributed by atoms with E-state index in [2.05, 4.69) is 4.98 Å². The summed E-state index contributed by atoms with van der Waals surface area (Å²) < 4.78 is 0. The molecule has 0 bridgehead atoms. The normalized spacial score (nSPS) is 16.6. The molecule has 20 heavy (non-hydrogen) atoms. The van der Waals surface area contributed by atoms with Gasteiger partial charge in [-0.25, -0.2) is 4.98 Å². The zero-order valence-electron chi connectivity index (χ0n) is 11.0. The molecule has 0 aliphatic carbocycles. The van der Waals surface area contributed by atoms with E-state index < -0.39 is 0 Å². The Balaban J connectivity index is 1.69. The summed E-state index contributed by atoms with van der Waals surface area (Å²) in [5.74, 6) is 0.419. The van der Waals surface area contributed by atoms with Crippen LogP contribution < -0.4 is 0 Å². The minimum Gasteiger partial charge on any atom is -0.396 e. The van der Waals surface area contributed by atoms with Crippen LogP contribution >= 0.6 is 22.7 Å². The van der Waals surface area contributed by atoms with Crippen molar-refractivity contribution in [1.82, 2.24) is 9.88 Å². The number of rotatable bonds is 3. The zero-order chi connectivity index (χ0) is 13.9. The molecule has 1 aliphatic heterocycles. The first kappa shape index (κ1) is 13.7. The van der Waals surface area contributed by atoms with E-state index in [0.29, 0.717) is 10.8 Å². The second-order valence-electron chi connectivity index (χ2n) is 4.96. The van der Waals surface area contributed by atoms with E-state index in [1.54, 1.807) is 17.5 Å². The number of carbonyl (C=O) groups excluding carboxylic acids is 1. The standard InChI is InChI=1S/C14H16N2O2S2/c17-8-10-1-4-16(5-2-10)14(18)12-7-15-13(20-12)11-3-6-19-9-11/h3,6-7,9-10,17H,1-2,4-5,8H2. The molecular formula is C14H16N2O2S2. The minimum atomic E-state index is 0.0698. The summed E-state index contributed by atoms with van der Waals surface area (Å²) in [6.07, 6.45) is 3.45. The fraction of sp³-hybridized carbons (Fsp3) is 0.429. The Morgan fingerprint density at radius 3 is 2.90 bits per heavy atom. The van der Waals surface area contributed by atoms with Crippen molar-refractivity contribution in [2.75, 3.05) is 19.7 Å². The van der Waals surface area contributed by atoms with Gasteiger partial charge in [0.25, 0.3) is 5.91 Å². The third-order valence-electron chi connectivity index (χ3n) is 3.64. The van der Waals surface area contributed by atoms with Crippen LogP contribution in [0.5, 0.6) is 0 Å². The van der Waals surface area contributed by atoms with Crippen molar-refractivity contribution in [3.05, 3.63) is 27.9 Å². The van der Waals surface area contributed by atoms with Gasteiger partial charge in [-0.1, -0.05) is 0 Å². The first-order valence-corrected chi connectivity index (χ1v) is 8.42. The fourth-order valence-corrected chi connectivity index (χ4v) is 3.96. The van der Waals surface area contributed by atoms with Crippen LogP contribution in [0, 0.1) is 5.92 Å². The van der Waals surface area contributed by atoms with Crippen LogP contribution in [0.2, 0.25) is 0 Å². The van der Waals surface area contributed by atoms with Gasteiger partial charge < -0.3 is 10.0 Å². The molecule has 1 amide bonds. The van der Waals surface area contributed by atoms with Crippen LogP contribution in [-0.2, 0) is 0 Å². The smallest absolute Gasteiger partial charge is 0.265 e. The van der Waals surface area contributed by atoms with Crippen molar-refractivity contribution >= 4 is 28.6 Å². The highest BCUT2D eigenvalue weighted by atomic mass is 32.1. The highest BCUT2D eigenvalue weighted by molar-refractivity contribution is 7.17. The van der Waals surface area contributed by atoms with Gasteiger partial charge in [0.05, 0.1) is 6.20 Å². The van der Waals surface area contributed by atoms with Gasteiger partial charge >= 0.3 is 0 Å². The van der Waals surface area contributed by atoms with Crippen molar-refractivity contribution in [1.29, 1.82) is 0 Å². The molecule has 0 saturated carbocycles. The third kappa shape index (κ3) is 2.77. The van der Waals surface area contributed by atoms with E-state index in [1.807, 2.05) is 21.7 Å². The summed E-state index contributed by atoms with van der Waals surface area (Å²) in [5.41, 5.74) is 1.08. The molecule has 2 aromatic heterocycles. The molecule has 3 heterocycles. The van der Waals surface area contributed by atoms with Gasteiger partial charge in [-0.15, -0.1) is 11.3 Å². The molecule has 1 N–H and O–H groups in total. The maximum Gasteiger partial charge on any atom is 0.265 e. The Bertz CT molecular complexity index is 572. The van der Waals surface area contributed by atoms with Crippen molar-refractivity contribution in [2.45, 2.75) is 12.8 Å². The zero-order valence-corrected chi connectivity index (χ0v) is 12.6. The summed E-state index contributed by atoms with van der Waals surface area (Å²) in [5, 5.41) is 14.1. The maximum absolute atomic E-state index is 12.4. The van der Waals surface area contributed by atoms with Crippen LogP contribution in [-0.4, -0.2) is 40.6 Å². The molecule has 0 aromatic carbocycles. The summed E-state index contributed by atoms with van der Waals surface area (Å²) in [7, 11) is 0. The summed E-state index contributed by atoms with van der Waals surface area (Å²) in [6, 6.07) is 2.02. The number of carbonyl (C=O) groups is 1. The van der Waals surface area contributed by atoms with Crippen molar-refractivity contribution < 1.29 is 9.90 Å². The fourth-order valence-electron chi connectivity index (χ4n) is 2.37. The predicted octanol–water partition coefficient (Wildman–Crippen LogP) is 2.72. The molecule has 4 nitrogen and oxygen atoms in total. The number of amides is 1. The largest absolute Gasteiger partial charge is 0.396 e. The molecule has 106 valence electrons. The van der Waals surface area contributed by atoms with E-state index in [0.717, 1.165) is 36.5 Å². The van der Waals surface area contributed by atoms with Crippen molar-refractivity contribution in [3.8, 4) is 10.6 Å². The van der Waals surface area contributed by atoms with Crippen LogP contribution in [0.15, 0.2) is 23.0 Å². The second-order valence-corrected chi connectivity index (χ2v) is 6.77. The van der Waals surface area contributed by atoms with Gasteiger partial charge in [0, 0.05) is 30.6 Å². The Kier molecular flexibility index (Phi) is 4.14. The summed E-state index contributed by atoms with van der Waals surface area (Å²) >= 11 is 3.08. The third-order valence-corrected chi connectivity index (χ3v) is 5.36. The number of hydrogen-bond donors (Lipinski definition) is 1. The maximum atomic E-state index is 12.4.